The Morgan fingerprint density at radius 2 is 2.15 bits per heavy atom. The largest absolute Gasteiger partial charge is 0.340 e. The van der Waals surface area contributed by atoms with Gasteiger partial charge in [-0.25, -0.2) is 0 Å². The quantitative estimate of drug-likeness (QED) is 0.651. The minimum Gasteiger partial charge on any atom is -0.340 e. The second-order valence-corrected chi connectivity index (χ2v) is 3.55. The highest BCUT2D eigenvalue weighted by atomic mass is 16.2. The summed E-state index contributed by atoms with van der Waals surface area (Å²) >= 11 is 0. The maximum absolute atomic E-state index is 11.5. The van der Waals surface area contributed by atoms with Gasteiger partial charge in [0.15, 0.2) is 0 Å². The van der Waals surface area contributed by atoms with Crippen molar-refractivity contribution in [1.29, 1.82) is 0 Å². The van der Waals surface area contributed by atoms with Crippen molar-refractivity contribution < 1.29 is 4.79 Å². The van der Waals surface area contributed by atoms with E-state index in [1.807, 2.05) is 13.8 Å². The summed E-state index contributed by atoms with van der Waals surface area (Å²) in [4.78, 5) is 13.2. The first-order chi connectivity index (χ1) is 5.99. The average Bonchev–Trinajstić information content (AvgIpc) is 2.02. The monoisotopic (exact) mass is 184 g/mol. The van der Waals surface area contributed by atoms with Crippen LogP contribution in [0.4, 0.5) is 0 Å². The van der Waals surface area contributed by atoms with E-state index in [2.05, 4.69) is 6.58 Å². The molecule has 3 nitrogen and oxygen atoms in total. The number of hydrogen-bond donors (Lipinski definition) is 1. The fourth-order valence-corrected chi connectivity index (χ4v) is 1.20. The Morgan fingerprint density at radius 3 is 2.54 bits per heavy atom. The molecule has 0 aromatic carbocycles. The van der Waals surface area contributed by atoms with Crippen molar-refractivity contribution in [3.05, 3.63) is 12.2 Å². The maximum Gasteiger partial charge on any atom is 0.239 e. The van der Waals surface area contributed by atoms with Crippen molar-refractivity contribution in [3.63, 3.8) is 0 Å². The Kier molecular flexibility index (Phi) is 5.39. The Labute approximate surface area is 80.6 Å². The molecule has 76 valence electrons. The van der Waals surface area contributed by atoms with E-state index in [1.54, 1.807) is 11.9 Å². The Morgan fingerprint density at radius 1 is 1.62 bits per heavy atom. The zero-order valence-corrected chi connectivity index (χ0v) is 8.84. The first-order valence-corrected chi connectivity index (χ1v) is 4.64. The lowest BCUT2D eigenvalue weighted by molar-refractivity contribution is -0.131. The molecule has 0 aliphatic carbocycles. The number of carbonyl (C=O) groups excluding carboxylic acids is 1. The number of carbonyl (C=O) groups is 1. The average molecular weight is 184 g/mol. The highest BCUT2D eigenvalue weighted by Gasteiger charge is 2.16. The van der Waals surface area contributed by atoms with E-state index in [-0.39, 0.29) is 11.9 Å². The van der Waals surface area contributed by atoms with Crippen LogP contribution in [0.3, 0.4) is 0 Å². The highest BCUT2D eigenvalue weighted by molar-refractivity contribution is 5.81. The van der Waals surface area contributed by atoms with Gasteiger partial charge in [0.2, 0.25) is 5.91 Å². The van der Waals surface area contributed by atoms with Crippen LogP contribution in [0.15, 0.2) is 12.2 Å². The summed E-state index contributed by atoms with van der Waals surface area (Å²) in [6.45, 7) is 8.26. The lowest BCUT2D eigenvalue weighted by Crippen LogP contribution is -2.42. The lowest BCUT2D eigenvalue weighted by atomic mass is 10.1. The Bertz CT molecular complexity index is 189. The molecule has 0 saturated carbocycles. The predicted octanol–water partition coefficient (Wildman–Crippen LogP) is 1.15. The van der Waals surface area contributed by atoms with Crippen LogP contribution in [0.1, 0.15) is 26.7 Å². The van der Waals surface area contributed by atoms with Crippen LogP contribution < -0.4 is 5.73 Å². The minimum absolute atomic E-state index is 0.00449. The number of nitrogens with zero attached hydrogens (tertiary/aromatic N) is 1. The van der Waals surface area contributed by atoms with Crippen LogP contribution in [0.2, 0.25) is 0 Å². The van der Waals surface area contributed by atoms with Crippen LogP contribution in [0.25, 0.3) is 0 Å². The lowest BCUT2D eigenvalue weighted by Gasteiger charge is -2.20. The van der Waals surface area contributed by atoms with Crippen LogP contribution in [-0.4, -0.2) is 30.4 Å². The van der Waals surface area contributed by atoms with Crippen molar-refractivity contribution in [2.24, 2.45) is 5.73 Å². The molecule has 2 N–H and O–H groups in total. The van der Waals surface area contributed by atoms with Crippen molar-refractivity contribution in [2.75, 3.05) is 13.6 Å². The molecule has 0 aliphatic heterocycles. The molecule has 0 aliphatic rings. The van der Waals surface area contributed by atoms with Crippen molar-refractivity contribution in [1.82, 2.24) is 4.90 Å². The van der Waals surface area contributed by atoms with Gasteiger partial charge in [0.05, 0.1) is 6.04 Å². The van der Waals surface area contributed by atoms with E-state index in [4.69, 9.17) is 5.73 Å². The van der Waals surface area contributed by atoms with Crippen molar-refractivity contribution in [3.8, 4) is 0 Å². The van der Waals surface area contributed by atoms with Gasteiger partial charge in [-0.05, 0) is 13.3 Å². The summed E-state index contributed by atoms with van der Waals surface area (Å²) in [6, 6.07) is -0.352. The van der Waals surface area contributed by atoms with Gasteiger partial charge in [0.25, 0.3) is 0 Å². The normalized spacial score (nSPS) is 12.3. The molecule has 0 heterocycles. The predicted molar refractivity (Wildman–Crippen MR) is 55.3 cm³/mol. The second-order valence-electron chi connectivity index (χ2n) is 3.55. The number of nitrogens with two attached hydrogens (primary N) is 1. The standard InChI is InChI=1S/C10H20N2O/c1-5-6-9(11)10(13)12(4)7-8(2)3/h9H,2,5-7,11H2,1,3-4H3/t9-/m1/s1. The summed E-state index contributed by atoms with van der Waals surface area (Å²) in [5.74, 6) is 0.00449. The Balaban J connectivity index is 4.01. The third kappa shape index (κ3) is 4.68. The summed E-state index contributed by atoms with van der Waals surface area (Å²) in [6.07, 6.45) is 1.69. The molecular formula is C10H20N2O. The zero-order chi connectivity index (χ0) is 10.4. The molecule has 13 heavy (non-hydrogen) atoms. The summed E-state index contributed by atoms with van der Waals surface area (Å²) in [5, 5.41) is 0. The van der Waals surface area contributed by atoms with Crippen molar-refractivity contribution >= 4 is 5.91 Å². The fraction of sp³-hybridized carbons (Fsp3) is 0.700. The van der Waals surface area contributed by atoms with Gasteiger partial charge in [-0.3, -0.25) is 4.79 Å². The molecule has 0 saturated heterocycles. The third-order valence-electron chi connectivity index (χ3n) is 1.80. The number of rotatable bonds is 5. The topological polar surface area (TPSA) is 46.3 Å². The molecule has 0 spiro atoms. The molecular weight excluding hydrogens is 164 g/mol. The van der Waals surface area contributed by atoms with Crippen LogP contribution in [0, 0.1) is 0 Å². The molecule has 0 radical (unpaired) electrons. The van der Waals surface area contributed by atoms with E-state index in [9.17, 15) is 4.79 Å². The molecule has 0 fully saturated rings. The van der Waals surface area contributed by atoms with Crippen LogP contribution in [0.5, 0.6) is 0 Å². The van der Waals surface area contributed by atoms with E-state index < -0.39 is 0 Å². The molecule has 1 atom stereocenters. The first kappa shape index (κ1) is 12.2. The Hall–Kier alpha value is -0.830. The molecule has 0 rings (SSSR count). The van der Waals surface area contributed by atoms with Gasteiger partial charge in [0.1, 0.15) is 0 Å². The van der Waals surface area contributed by atoms with Crippen molar-refractivity contribution in [2.45, 2.75) is 32.7 Å². The molecule has 1 amide bonds. The van der Waals surface area contributed by atoms with Gasteiger partial charge in [-0.1, -0.05) is 25.5 Å². The molecule has 0 bridgehead atoms. The van der Waals surface area contributed by atoms with Gasteiger partial charge in [0, 0.05) is 13.6 Å². The number of amides is 1. The fourth-order valence-electron chi connectivity index (χ4n) is 1.20. The molecule has 0 aromatic heterocycles. The van der Waals surface area contributed by atoms with Crippen LogP contribution >= 0.6 is 0 Å². The number of likely N-dealkylation sites (N-methyl/N-ethyl adjacent to an activating group) is 1. The maximum atomic E-state index is 11.5. The smallest absolute Gasteiger partial charge is 0.239 e. The zero-order valence-electron chi connectivity index (χ0n) is 8.84. The van der Waals surface area contributed by atoms with Gasteiger partial charge in [-0.2, -0.15) is 0 Å². The molecule has 0 unspecified atom stereocenters. The highest BCUT2D eigenvalue weighted by Crippen LogP contribution is 2.00. The van der Waals surface area contributed by atoms with E-state index in [0.29, 0.717) is 6.54 Å². The second kappa shape index (κ2) is 5.75. The first-order valence-electron chi connectivity index (χ1n) is 4.64. The van der Waals surface area contributed by atoms with Crippen LogP contribution in [-0.2, 0) is 4.79 Å². The van der Waals surface area contributed by atoms with E-state index >= 15 is 0 Å². The third-order valence-corrected chi connectivity index (χ3v) is 1.80. The van der Waals surface area contributed by atoms with Gasteiger partial charge in [-0.15, -0.1) is 0 Å². The minimum atomic E-state index is -0.352. The van der Waals surface area contributed by atoms with E-state index in [1.165, 1.54) is 0 Å². The number of hydrogen-bond acceptors (Lipinski definition) is 2. The summed E-state index contributed by atoms with van der Waals surface area (Å²) in [5.41, 5.74) is 6.66. The summed E-state index contributed by atoms with van der Waals surface area (Å²) in [7, 11) is 1.76. The SMILES string of the molecule is C=C(C)CN(C)C(=O)[C@H](N)CCC. The van der Waals surface area contributed by atoms with Gasteiger partial charge < -0.3 is 10.6 Å². The van der Waals surface area contributed by atoms with Gasteiger partial charge >= 0.3 is 0 Å². The summed E-state index contributed by atoms with van der Waals surface area (Å²) < 4.78 is 0. The molecule has 0 aromatic rings. The van der Waals surface area contributed by atoms with E-state index in [0.717, 1.165) is 18.4 Å². The molecule has 3 heteroatoms.